The van der Waals surface area contributed by atoms with E-state index in [4.69, 9.17) is 0 Å². The van der Waals surface area contributed by atoms with Crippen LogP contribution in [0.15, 0.2) is 47.6 Å². The van der Waals surface area contributed by atoms with E-state index in [1.807, 2.05) is 0 Å². The van der Waals surface area contributed by atoms with Crippen LogP contribution in [0.3, 0.4) is 0 Å². The van der Waals surface area contributed by atoms with Gasteiger partial charge in [-0.3, -0.25) is 0 Å². The van der Waals surface area contributed by atoms with Gasteiger partial charge < -0.3 is 0 Å². The molecule has 0 aromatic carbocycles. The first kappa shape index (κ1) is 12.0. The summed E-state index contributed by atoms with van der Waals surface area (Å²) in [5, 5.41) is 0. The van der Waals surface area contributed by atoms with Crippen molar-refractivity contribution in [3.05, 3.63) is 47.6 Å². The van der Waals surface area contributed by atoms with E-state index in [1.54, 1.807) is 11.1 Å². The minimum Gasteiger partial charge on any atom is -0.0956 e. The van der Waals surface area contributed by atoms with Gasteiger partial charge in [0, 0.05) is 0 Å². The third-order valence-electron chi connectivity index (χ3n) is 5.42. The van der Waals surface area contributed by atoms with E-state index in [0.29, 0.717) is 5.41 Å². The summed E-state index contributed by atoms with van der Waals surface area (Å²) < 4.78 is 0. The second-order valence-electron chi connectivity index (χ2n) is 6.43. The van der Waals surface area contributed by atoms with Gasteiger partial charge in [-0.25, -0.2) is 0 Å². The minimum absolute atomic E-state index is 0.367. The summed E-state index contributed by atoms with van der Waals surface area (Å²) >= 11 is 0. The smallest absolute Gasteiger partial charge is 0.000974 e. The molecular weight excluding hydrogens is 216 g/mol. The van der Waals surface area contributed by atoms with E-state index < -0.39 is 0 Å². The van der Waals surface area contributed by atoms with E-state index in [2.05, 4.69) is 19.7 Å². The van der Waals surface area contributed by atoms with Gasteiger partial charge in [-0.15, -0.1) is 0 Å². The average molecular weight is 240 g/mol. The average Bonchev–Trinajstić information content (AvgIpc) is 2.36. The van der Waals surface area contributed by atoms with Crippen LogP contribution in [0.5, 0.6) is 0 Å². The summed E-state index contributed by atoms with van der Waals surface area (Å²) in [6.45, 7) is 12.9. The molecule has 0 heteroatoms. The molecule has 0 saturated heterocycles. The molecule has 0 aromatic heterocycles. The molecule has 0 N–H and O–H groups in total. The standard InChI is InChI=1S/C18H24/c1-13-7-5-10-18(15(13)3)11-9-17-14(2)6-4-8-16(17)12-18/h1-12H2. The maximum absolute atomic E-state index is 4.38. The quantitative estimate of drug-likeness (QED) is 0.525. The van der Waals surface area contributed by atoms with E-state index >= 15 is 0 Å². The molecule has 3 rings (SSSR count). The van der Waals surface area contributed by atoms with Crippen molar-refractivity contribution in [3.8, 4) is 0 Å². The Balaban J connectivity index is 1.92. The van der Waals surface area contributed by atoms with Crippen LogP contribution in [0.1, 0.15) is 57.8 Å². The largest absolute Gasteiger partial charge is 0.0956 e. The Labute approximate surface area is 111 Å². The molecule has 1 fully saturated rings. The molecule has 3 aliphatic rings. The molecule has 0 aromatic rings. The zero-order valence-electron chi connectivity index (χ0n) is 11.5. The molecule has 96 valence electrons. The molecule has 0 heterocycles. The molecule has 1 spiro atoms. The van der Waals surface area contributed by atoms with Gasteiger partial charge in [-0.1, -0.05) is 36.5 Å². The summed E-state index contributed by atoms with van der Waals surface area (Å²) in [5.74, 6) is 0. The Kier molecular flexibility index (Phi) is 2.84. The summed E-state index contributed by atoms with van der Waals surface area (Å²) in [6, 6.07) is 0. The lowest BCUT2D eigenvalue weighted by molar-refractivity contribution is 0.256. The lowest BCUT2D eigenvalue weighted by atomic mass is 9.59. The van der Waals surface area contributed by atoms with Gasteiger partial charge >= 0.3 is 0 Å². The van der Waals surface area contributed by atoms with E-state index in [9.17, 15) is 0 Å². The van der Waals surface area contributed by atoms with Crippen molar-refractivity contribution in [2.45, 2.75) is 57.8 Å². The topological polar surface area (TPSA) is 0 Å². The molecule has 0 bridgehead atoms. The zero-order valence-corrected chi connectivity index (χ0v) is 11.5. The van der Waals surface area contributed by atoms with Crippen LogP contribution in [-0.4, -0.2) is 0 Å². The summed E-state index contributed by atoms with van der Waals surface area (Å²) in [7, 11) is 0. The van der Waals surface area contributed by atoms with Crippen LogP contribution in [0.2, 0.25) is 0 Å². The molecule has 18 heavy (non-hydrogen) atoms. The first-order valence-corrected chi connectivity index (χ1v) is 7.39. The third-order valence-corrected chi connectivity index (χ3v) is 5.42. The highest BCUT2D eigenvalue weighted by Crippen LogP contribution is 2.55. The lowest BCUT2D eigenvalue weighted by Gasteiger charge is -2.46. The molecule has 0 aliphatic heterocycles. The first-order valence-electron chi connectivity index (χ1n) is 7.39. The van der Waals surface area contributed by atoms with Crippen molar-refractivity contribution >= 4 is 0 Å². The summed E-state index contributed by atoms with van der Waals surface area (Å²) in [6.07, 6.45) is 11.4. The van der Waals surface area contributed by atoms with Gasteiger partial charge in [-0.05, 0) is 74.3 Å². The number of hydrogen-bond donors (Lipinski definition) is 0. The molecule has 0 amide bonds. The number of rotatable bonds is 0. The van der Waals surface area contributed by atoms with Crippen molar-refractivity contribution in [1.29, 1.82) is 0 Å². The second-order valence-corrected chi connectivity index (χ2v) is 6.43. The fourth-order valence-corrected chi connectivity index (χ4v) is 4.26. The van der Waals surface area contributed by atoms with Gasteiger partial charge in [0.05, 0.1) is 0 Å². The van der Waals surface area contributed by atoms with Crippen LogP contribution in [-0.2, 0) is 0 Å². The van der Waals surface area contributed by atoms with Crippen molar-refractivity contribution in [1.82, 2.24) is 0 Å². The predicted octanol–water partition coefficient (Wildman–Crippen LogP) is 5.49. The number of hydrogen-bond acceptors (Lipinski definition) is 0. The maximum Gasteiger partial charge on any atom is -0.000974 e. The lowest BCUT2D eigenvalue weighted by Crippen LogP contribution is -2.32. The van der Waals surface area contributed by atoms with Gasteiger partial charge in [0.15, 0.2) is 0 Å². The van der Waals surface area contributed by atoms with Gasteiger partial charge in [0.1, 0.15) is 0 Å². The predicted molar refractivity (Wildman–Crippen MR) is 78.4 cm³/mol. The fourth-order valence-electron chi connectivity index (χ4n) is 4.26. The van der Waals surface area contributed by atoms with Crippen molar-refractivity contribution in [2.75, 3.05) is 0 Å². The molecule has 0 nitrogen and oxygen atoms in total. The molecule has 3 aliphatic carbocycles. The highest BCUT2D eigenvalue weighted by molar-refractivity contribution is 5.44. The summed E-state index contributed by atoms with van der Waals surface area (Å²) in [4.78, 5) is 0. The van der Waals surface area contributed by atoms with E-state index in [0.717, 1.165) is 0 Å². The van der Waals surface area contributed by atoms with Crippen LogP contribution >= 0.6 is 0 Å². The van der Waals surface area contributed by atoms with Crippen molar-refractivity contribution < 1.29 is 0 Å². The van der Waals surface area contributed by atoms with Crippen LogP contribution < -0.4 is 0 Å². The van der Waals surface area contributed by atoms with Gasteiger partial charge in [-0.2, -0.15) is 0 Å². The second kappa shape index (κ2) is 4.26. The Morgan fingerprint density at radius 1 is 0.778 bits per heavy atom. The van der Waals surface area contributed by atoms with Crippen LogP contribution in [0.4, 0.5) is 0 Å². The van der Waals surface area contributed by atoms with Crippen molar-refractivity contribution in [2.24, 2.45) is 5.41 Å². The third kappa shape index (κ3) is 1.74. The van der Waals surface area contributed by atoms with Gasteiger partial charge in [0.25, 0.3) is 0 Å². The SMILES string of the molecule is C=C1CCCC2(CCC3=C(CCCC3=C)C2)C1=C. The van der Waals surface area contributed by atoms with Crippen molar-refractivity contribution in [3.63, 3.8) is 0 Å². The first-order chi connectivity index (χ1) is 8.62. The van der Waals surface area contributed by atoms with E-state index in [-0.39, 0.29) is 0 Å². The maximum atomic E-state index is 4.38. The van der Waals surface area contributed by atoms with E-state index in [1.165, 1.54) is 74.5 Å². The van der Waals surface area contributed by atoms with Gasteiger partial charge in [0.2, 0.25) is 0 Å². The molecule has 0 radical (unpaired) electrons. The number of allylic oxidation sites excluding steroid dienone is 5. The minimum atomic E-state index is 0.367. The normalized spacial score (nSPS) is 33.0. The Morgan fingerprint density at radius 2 is 1.56 bits per heavy atom. The summed E-state index contributed by atoms with van der Waals surface area (Å²) in [5.41, 5.74) is 7.80. The monoisotopic (exact) mass is 240 g/mol. The Bertz CT molecular complexity index is 460. The molecule has 1 unspecified atom stereocenters. The Hall–Kier alpha value is -1.04. The highest BCUT2D eigenvalue weighted by Gasteiger charge is 2.40. The fraction of sp³-hybridized carbons (Fsp3) is 0.556. The molecule has 1 atom stereocenters. The van der Waals surface area contributed by atoms with Crippen LogP contribution in [0, 0.1) is 5.41 Å². The highest BCUT2D eigenvalue weighted by atomic mass is 14.4. The molecular formula is C18H24. The molecule has 1 saturated carbocycles. The Morgan fingerprint density at radius 3 is 2.39 bits per heavy atom. The zero-order chi connectivity index (χ0) is 12.8. The van der Waals surface area contributed by atoms with Crippen LogP contribution in [0.25, 0.3) is 0 Å².